The van der Waals surface area contributed by atoms with Gasteiger partial charge in [0.2, 0.25) is 0 Å². The molecule has 5 heteroatoms. The normalized spacial score (nSPS) is 12.0. The minimum Gasteiger partial charge on any atom is -0.330 e. The van der Waals surface area contributed by atoms with Gasteiger partial charge >= 0.3 is 0 Å². The van der Waals surface area contributed by atoms with Crippen molar-refractivity contribution in [3.63, 3.8) is 0 Å². The van der Waals surface area contributed by atoms with Gasteiger partial charge in [0, 0.05) is 12.1 Å². The van der Waals surface area contributed by atoms with Crippen molar-refractivity contribution in [2.75, 3.05) is 6.54 Å². The zero-order valence-corrected chi connectivity index (χ0v) is 8.36. The van der Waals surface area contributed by atoms with E-state index in [0.29, 0.717) is 18.5 Å². The van der Waals surface area contributed by atoms with E-state index < -0.39 is 17.7 Å². The van der Waals surface area contributed by atoms with Gasteiger partial charge in [-0.15, -0.1) is 12.4 Å². The van der Waals surface area contributed by atoms with E-state index in [-0.39, 0.29) is 12.4 Å². The fourth-order valence-electron chi connectivity index (χ4n) is 1.14. The summed E-state index contributed by atoms with van der Waals surface area (Å²) < 4.78 is 25.4. The number of hydrogen-bond acceptors (Lipinski definition) is 2. The van der Waals surface area contributed by atoms with Crippen molar-refractivity contribution in [3.8, 4) is 0 Å². The lowest BCUT2D eigenvalue weighted by Crippen LogP contribution is -2.15. The summed E-state index contributed by atoms with van der Waals surface area (Å²) in [6.07, 6.45) is 0.517. The van der Waals surface area contributed by atoms with Crippen molar-refractivity contribution >= 4 is 12.4 Å². The van der Waals surface area contributed by atoms with Crippen LogP contribution in [0.5, 0.6) is 0 Å². The Hall–Kier alpha value is -0.710. The van der Waals surface area contributed by atoms with Gasteiger partial charge in [0.25, 0.3) is 0 Å². The van der Waals surface area contributed by atoms with Gasteiger partial charge < -0.3 is 11.5 Å². The first-order valence-corrected chi connectivity index (χ1v) is 4.05. The Bertz CT molecular complexity index is 274. The second kappa shape index (κ2) is 5.90. The first-order chi connectivity index (χ1) is 6.13. The van der Waals surface area contributed by atoms with Crippen LogP contribution < -0.4 is 11.5 Å². The molecule has 1 aromatic carbocycles. The first-order valence-electron chi connectivity index (χ1n) is 4.05. The van der Waals surface area contributed by atoms with Gasteiger partial charge in [-0.3, -0.25) is 0 Å². The van der Waals surface area contributed by atoms with Crippen molar-refractivity contribution in [3.05, 3.63) is 35.4 Å². The van der Waals surface area contributed by atoms with Crippen molar-refractivity contribution in [2.24, 2.45) is 11.5 Å². The van der Waals surface area contributed by atoms with Crippen LogP contribution in [-0.4, -0.2) is 6.54 Å². The van der Waals surface area contributed by atoms with Crippen LogP contribution in [0, 0.1) is 11.6 Å². The molecule has 1 atom stereocenters. The average molecular weight is 223 g/mol. The van der Waals surface area contributed by atoms with E-state index in [4.69, 9.17) is 11.5 Å². The van der Waals surface area contributed by atoms with Gasteiger partial charge in [-0.1, -0.05) is 0 Å². The van der Waals surface area contributed by atoms with E-state index in [1.807, 2.05) is 0 Å². The van der Waals surface area contributed by atoms with E-state index in [1.165, 1.54) is 12.1 Å². The Morgan fingerprint density at radius 2 is 1.64 bits per heavy atom. The average Bonchev–Trinajstić information content (AvgIpc) is 2.03. The van der Waals surface area contributed by atoms with Crippen molar-refractivity contribution in [1.82, 2.24) is 0 Å². The second-order valence-electron chi connectivity index (χ2n) is 2.89. The molecular weight excluding hydrogens is 210 g/mol. The lowest BCUT2D eigenvalue weighted by atomic mass is 10.0. The largest absolute Gasteiger partial charge is 0.330 e. The summed E-state index contributed by atoms with van der Waals surface area (Å²) in [5.74, 6) is -1.22. The van der Waals surface area contributed by atoms with E-state index in [1.54, 1.807) is 0 Å². The highest BCUT2D eigenvalue weighted by Gasteiger charge is 2.07. The molecule has 0 aromatic heterocycles. The molecule has 0 spiro atoms. The number of halogens is 3. The van der Waals surface area contributed by atoms with Crippen LogP contribution in [0.15, 0.2) is 18.2 Å². The van der Waals surface area contributed by atoms with Gasteiger partial charge in [-0.25, -0.2) is 8.78 Å². The van der Waals surface area contributed by atoms with Gasteiger partial charge in [0.15, 0.2) is 0 Å². The van der Waals surface area contributed by atoms with E-state index in [2.05, 4.69) is 0 Å². The third kappa shape index (κ3) is 3.57. The van der Waals surface area contributed by atoms with Gasteiger partial charge in [-0.2, -0.15) is 0 Å². The molecule has 0 heterocycles. The lowest BCUT2D eigenvalue weighted by molar-refractivity contribution is 0.568. The highest BCUT2D eigenvalue weighted by Crippen LogP contribution is 2.16. The topological polar surface area (TPSA) is 52.0 Å². The molecule has 0 saturated carbocycles. The quantitative estimate of drug-likeness (QED) is 0.819. The molecule has 0 fully saturated rings. The zero-order valence-electron chi connectivity index (χ0n) is 7.54. The molecule has 4 N–H and O–H groups in total. The number of nitrogens with two attached hydrogens (primary N) is 2. The molecule has 0 aliphatic heterocycles. The summed E-state index contributed by atoms with van der Waals surface area (Å²) in [4.78, 5) is 0. The molecule has 1 aromatic rings. The molecule has 0 radical (unpaired) electrons. The molecule has 0 aliphatic carbocycles. The molecule has 0 amide bonds. The van der Waals surface area contributed by atoms with Crippen LogP contribution in [0.1, 0.15) is 18.0 Å². The summed E-state index contributed by atoms with van der Waals surface area (Å²) >= 11 is 0. The summed E-state index contributed by atoms with van der Waals surface area (Å²) in [7, 11) is 0. The first kappa shape index (κ1) is 13.3. The Morgan fingerprint density at radius 1 is 1.14 bits per heavy atom. The standard InChI is InChI=1S/C9H12F2N2.ClH/c10-7-3-6(4-8(11)5-7)9(13)1-2-12;/h3-5,9H,1-2,12-13H2;1H/t9-;/m1./s1. The maximum Gasteiger partial charge on any atom is 0.126 e. The summed E-state index contributed by atoms with van der Waals surface area (Å²) in [6.45, 7) is 0.402. The zero-order chi connectivity index (χ0) is 9.84. The Kier molecular flexibility index (Phi) is 5.60. The second-order valence-corrected chi connectivity index (χ2v) is 2.89. The lowest BCUT2D eigenvalue weighted by Gasteiger charge is -2.10. The third-order valence-electron chi connectivity index (χ3n) is 1.79. The Morgan fingerprint density at radius 3 is 2.07 bits per heavy atom. The van der Waals surface area contributed by atoms with Crippen LogP contribution in [-0.2, 0) is 0 Å². The Labute approximate surface area is 87.7 Å². The number of benzene rings is 1. The number of hydrogen-bond donors (Lipinski definition) is 2. The highest BCUT2D eigenvalue weighted by molar-refractivity contribution is 5.85. The van der Waals surface area contributed by atoms with E-state index >= 15 is 0 Å². The molecule has 2 nitrogen and oxygen atoms in total. The maximum absolute atomic E-state index is 12.7. The molecule has 1 rings (SSSR count). The molecule has 0 unspecified atom stereocenters. The van der Waals surface area contributed by atoms with Crippen LogP contribution in [0.25, 0.3) is 0 Å². The van der Waals surface area contributed by atoms with Gasteiger partial charge in [0.05, 0.1) is 0 Å². The smallest absolute Gasteiger partial charge is 0.126 e. The highest BCUT2D eigenvalue weighted by atomic mass is 35.5. The molecule has 0 aliphatic rings. The third-order valence-corrected chi connectivity index (χ3v) is 1.79. The van der Waals surface area contributed by atoms with Crippen molar-refractivity contribution < 1.29 is 8.78 Å². The number of rotatable bonds is 3. The van der Waals surface area contributed by atoms with Crippen LogP contribution in [0.3, 0.4) is 0 Å². The van der Waals surface area contributed by atoms with E-state index in [0.717, 1.165) is 6.07 Å². The van der Waals surface area contributed by atoms with Crippen molar-refractivity contribution in [1.29, 1.82) is 0 Å². The summed E-state index contributed by atoms with van der Waals surface area (Å²) in [6, 6.07) is 2.88. The minimum absolute atomic E-state index is 0. The fourth-order valence-corrected chi connectivity index (χ4v) is 1.14. The minimum atomic E-state index is -0.609. The van der Waals surface area contributed by atoms with Crippen LogP contribution >= 0.6 is 12.4 Å². The fraction of sp³-hybridized carbons (Fsp3) is 0.333. The predicted octanol–water partition coefficient (Wildman–Crippen LogP) is 1.74. The summed E-state index contributed by atoms with van der Waals surface area (Å²) in [5, 5.41) is 0. The van der Waals surface area contributed by atoms with Crippen LogP contribution in [0.4, 0.5) is 8.78 Å². The van der Waals surface area contributed by atoms with E-state index in [9.17, 15) is 8.78 Å². The molecule has 0 bridgehead atoms. The monoisotopic (exact) mass is 222 g/mol. The Balaban J connectivity index is 0.00000169. The van der Waals surface area contributed by atoms with Gasteiger partial charge in [-0.05, 0) is 30.7 Å². The molecule has 14 heavy (non-hydrogen) atoms. The molecule has 0 saturated heterocycles. The SMILES string of the molecule is Cl.NCC[C@@H](N)c1cc(F)cc(F)c1. The molecular formula is C9H13ClF2N2. The van der Waals surface area contributed by atoms with Gasteiger partial charge in [0.1, 0.15) is 11.6 Å². The predicted molar refractivity (Wildman–Crippen MR) is 54.2 cm³/mol. The maximum atomic E-state index is 12.7. The van der Waals surface area contributed by atoms with Crippen LogP contribution in [0.2, 0.25) is 0 Å². The van der Waals surface area contributed by atoms with Crippen molar-refractivity contribution in [2.45, 2.75) is 12.5 Å². The summed E-state index contributed by atoms with van der Waals surface area (Å²) in [5.41, 5.74) is 11.4. The molecule has 80 valence electrons.